The van der Waals surface area contributed by atoms with Crippen LogP contribution in [0.3, 0.4) is 0 Å². The zero-order valence-corrected chi connectivity index (χ0v) is 14.4. The third-order valence-corrected chi connectivity index (χ3v) is 4.04. The molecule has 0 aliphatic heterocycles. The number of carbonyl (C=O) groups is 1. The van der Waals surface area contributed by atoms with Gasteiger partial charge in [-0.25, -0.2) is 9.18 Å². The van der Waals surface area contributed by atoms with Crippen LogP contribution in [0.25, 0.3) is 11.3 Å². The zero-order valence-electron chi connectivity index (χ0n) is 13.7. The van der Waals surface area contributed by atoms with Crippen molar-refractivity contribution in [1.82, 2.24) is 9.78 Å². The molecule has 1 heterocycles. The molecule has 128 valence electrons. The van der Waals surface area contributed by atoms with E-state index >= 15 is 0 Å². The third-order valence-electron chi connectivity index (χ3n) is 3.77. The van der Waals surface area contributed by atoms with E-state index < -0.39 is 11.8 Å². The fourth-order valence-corrected chi connectivity index (χ4v) is 2.78. The molecule has 0 fully saturated rings. The van der Waals surface area contributed by atoms with Gasteiger partial charge in [0, 0.05) is 18.3 Å². The van der Waals surface area contributed by atoms with Crippen molar-refractivity contribution in [2.45, 2.75) is 6.92 Å². The second-order valence-electron chi connectivity index (χ2n) is 5.55. The first-order valence-electron chi connectivity index (χ1n) is 7.57. The first-order valence-corrected chi connectivity index (χ1v) is 7.94. The average molecular weight is 359 g/mol. The van der Waals surface area contributed by atoms with Gasteiger partial charge in [0.2, 0.25) is 0 Å². The van der Waals surface area contributed by atoms with Gasteiger partial charge in [0.1, 0.15) is 5.82 Å². The summed E-state index contributed by atoms with van der Waals surface area (Å²) < 4.78 is 15.3. The Kier molecular flexibility index (Phi) is 4.72. The number of hydrogen-bond donors (Lipinski definition) is 2. The summed E-state index contributed by atoms with van der Waals surface area (Å²) in [5, 5.41) is 9.84. The van der Waals surface area contributed by atoms with E-state index in [9.17, 15) is 9.18 Å². The molecule has 2 amide bonds. The predicted molar refractivity (Wildman–Crippen MR) is 97.4 cm³/mol. The SMILES string of the molecule is Cc1ccc(NC(=O)Nc2ccccc2F)cc1-c1c(Cl)cnn1C. The van der Waals surface area contributed by atoms with Crippen molar-refractivity contribution in [1.29, 1.82) is 0 Å². The molecule has 0 radical (unpaired) electrons. The molecule has 0 saturated heterocycles. The number of nitrogens with one attached hydrogen (secondary N) is 2. The van der Waals surface area contributed by atoms with Crippen LogP contribution in [0.5, 0.6) is 0 Å². The Morgan fingerprint density at radius 2 is 1.96 bits per heavy atom. The van der Waals surface area contributed by atoms with E-state index in [0.29, 0.717) is 10.7 Å². The van der Waals surface area contributed by atoms with Crippen LogP contribution in [-0.2, 0) is 7.05 Å². The van der Waals surface area contributed by atoms with Crippen LogP contribution in [0.2, 0.25) is 5.02 Å². The Hall–Kier alpha value is -2.86. The number of nitrogens with zero attached hydrogens (tertiary/aromatic N) is 2. The van der Waals surface area contributed by atoms with E-state index in [1.165, 1.54) is 12.1 Å². The molecule has 3 aromatic rings. The molecule has 0 spiro atoms. The molecule has 1 aromatic heterocycles. The van der Waals surface area contributed by atoms with Crippen molar-refractivity contribution in [3.05, 3.63) is 65.1 Å². The molecule has 0 unspecified atom stereocenters. The van der Waals surface area contributed by atoms with Crippen molar-refractivity contribution in [2.75, 3.05) is 10.6 Å². The maximum absolute atomic E-state index is 13.6. The summed E-state index contributed by atoms with van der Waals surface area (Å²) in [6.07, 6.45) is 1.57. The molecule has 2 N–H and O–H groups in total. The number of anilines is 2. The number of carbonyl (C=O) groups excluding carboxylic acids is 1. The largest absolute Gasteiger partial charge is 0.323 e. The summed E-state index contributed by atoms with van der Waals surface area (Å²) in [6.45, 7) is 1.95. The van der Waals surface area contributed by atoms with E-state index in [0.717, 1.165) is 16.8 Å². The van der Waals surface area contributed by atoms with Crippen molar-refractivity contribution in [3.8, 4) is 11.3 Å². The van der Waals surface area contributed by atoms with Gasteiger partial charge in [-0.1, -0.05) is 29.8 Å². The molecule has 5 nitrogen and oxygen atoms in total. The van der Waals surface area contributed by atoms with Crippen LogP contribution < -0.4 is 10.6 Å². The summed E-state index contributed by atoms with van der Waals surface area (Å²) in [4.78, 5) is 12.1. The molecule has 0 atom stereocenters. The van der Waals surface area contributed by atoms with Gasteiger partial charge in [-0.15, -0.1) is 0 Å². The Balaban J connectivity index is 1.83. The van der Waals surface area contributed by atoms with Crippen LogP contribution in [0.15, 0.2) is 48.7 Å². The third kappa shape index (κ3) is 3.64. The van der Waals surface area contributed by atoms with Crippen LogP contribution in [0.1, 0.15) is 5.56 Å². The second-order valence-corrected chi connectivity index (χ2v) is 5.96. The standard InChI is InChI=1S/C18H16ClFN4O/c1-11-7-8-12(9-13(11)17-14(19)10-21-24(17)2)22-18(25)23-16-6-4-3-5-15(16)20/h3-10H,1-2H3,(H2,22,23,25). The minimum atomic E-state index is -0.531. The molecule has 0 aliphatic rings. The van der Waals surface area contributed by atoms with Crippen molar-refractivity contribution >= 4 is 29.0 Å². The number of amides is 2. The summed E-state index contributed by atoms with van der Waals surface area (Å²) in [6, 6.07) is 10.9. The van der Waals surface area contributed by atoms with E-state index in [4.69, 9.17) is 11.6 Å². The fourth-order valence-electron chi connectivity index (χ4n) is 2.52. The lowest BCUT2D eigenvalue weighted by atomic mass is 10.0. The van der Waals surface area contributed by atoms with Crippen molar-refractivity contribution in [3.63, 3.8) is 0 Å². The fraction of sp³-hybridized carbons (Fsp3) is 0.111. The van der Waals surface area contributed by atoms with Gasteiger partial charge in [0.15, 0.2) is 0 Å². The van der Waals surface area contributed by atoms with Crippen LogP contribution in [0, 0.1) is 12.7 Å². The normalized spacial score (nSPS) is 10.6. The van der Waals surface area contributed by atoms with E-state index in [1.807, 2.05) is 13.0 Å². The molecule has 0 aliphatic carbocycles. The lowest BCUT2D eigenvalue weighted by Crippen LogP contribution is -2.20. The molecule has 0 saturated carbocycles. The van der Waals surface area contributed by atoms with Gasteiger partial charge in [-0.3, -0.25) is 4.68 Å². The van der Waals surface area contributed by atoms with E-state index in [1.54, 1.807) is 42.2 Å². The second kappa shape index (κ2) is 6.94. The highest BCUT2D eigenvalue weighted by Crippen LogP contribution is 2.31. The molecule has 25 heavy (non-hydrogen) atoms. The van der Waals surface area contributed by atoms with Gasteiger partial charge in [0.25, 0.3) is 0 Å². The minimum absolute atomic E-state index is 0.113. The number of aromatic nitrogens is 2. The lowest BCUT2D eigenvalue weighted by molar-refractivity contribution is 0.262. The summed E-state index contributed by atoms with van der Waals surface area (Å²) in [5.74, 6) is -0.496. The van der Waals surface area contributed by atoms with Gasteiger partial charge < -0.3 is 10.6 Å². The van der Waals surface area contributed by atoms with Crippen LogP contribution in [0.4, 0.5) is 20.6 Å². The number of urea groups is 1. The highest BCUT2D eigenvalue weighted by molar-refractivity contribution is 6.33. The lowest BCUT2D eigenvalue weighted by Gasteiger charge is -2.12. The van der Waals surface area contributed by atoms with Gasteiger partial charge in [0.05, 0.1) is 22.6 Å². The van der Waals surface area contributed by atoms with E-state index in [2.05, 4.69) is 15.7 Å². The molecule has 2 aromatic carbocycles. The first-order chi connectivity index (χ1) is 12.0. The topological polar surface area (TPSA) is 59.0 Å². The number of rotatable bonds is 3. The molecular formula is C18H16ClFN4O. The first kappa shape index (κ1) is 17.0. The molecule has 3 rings (SSSR count). The zero-order chi connectivity index (χ0) is 18.0. The molecule has 7 heteroatoms. The molecule has 0 bridgehead atoms. The highest BCUT2D eigenvalue weighted by Gasteiger charge is 2.13. The number of para-hydroxylation sites is 1. The maximum atomic E-state index is 13.6. The maximum Gasteiger partial charge on any atom is 0.323 e. The Bertz CT molecular complexity index is 919. The number of hydrogen-bond acceptors (Lipinski definition) is 2. The number of halogens is 2. The van der Waals surface area contributed by atoms with E-state index in [-0.39, 0.29) is 5.69 Å². The van der Waals surface area contributed by atoms with Crippen LogP contribution in [-0.4, -0.2) is 15.8 Å². The summed E-state index contributed by atoms with van der Waals surface area (Å²) >= 11 is 6.21. The minimum Gasteiger partial charge on any atom is -0.308 e. The van der Waals surface area contributed by atoms with Crippen molar-refractivity contribution in [2.24, 2.45) is 7.05 Å². The Morgan fingerprint density at radius 1 is 1.20 bits per heavy atom. The monoisotopic (exact) mass is 358 g/mol. The average Bonchev–Trinajstić information content (AvgIpc) is 2.90. The quantitative estimate of drug-likeness (QED) is 0.704. The number of aryl methyl sites for hydroxylation is 2. The Labute approximate surface area is 149 Å². The highest BCUT2D eigenvalue weighted by atomic mass is 35.5. The summed E-state index contributed by atoms with van der Waals surface area (Å²) in [7, 11) is 1.80. The predicted octanol–water partition coefficient (Wildman–Crippen LogP) is 4.83. The van der Waals surface area contributed by atoms with Gasteiger partial charge in [-0.05, 0) is 36.8 Å². The number of benzene rings is 2. The van der Waals surface area contributed by atoms with Gasteiger partial charge >= 0.3 is 6.03 Å². The van der Waals surface area contributed by atoms with Gasteiger partial charge in [-0.2, -0.15) is 5.10 Å². The summed E-state index contributed by atoms with van der Waals surface area (Å²) in [5.41, 5.74) is 3.28. The van der Waals surface area contributed by atoms with Crippen molar-refractivity contribution < 1.29 is 9.18 Å². The van der Waals surface area contributed by atoms with Crippen LogP contribution >= 0.6 is 11.6 Å². The molecular weight excluding hydrogens is 343 g/mol. The smallest absolute Gasteiger partial charge is 0.308 e. The Morgan fingerprint density at radius 3 is 2.64 bits per heavy atom.